The molecule has 0 spiro atoms. The predicted octanol–water partition coefficient (Wildman–Crippen LogP) is 0.241. The topological polar surface area (TPSA) is 86.9 Å². The second kappa shape index (κ2) is 3.44. The molecule has 1 aromatic rings. The van der Waals surface area contributed by atoms with Gasteiger partial charge >= 0.3 is 5.97 Å². The van der Waals surface area contributed by atoms with Crippen molar-refractivity contribution in [2.24, 2.45) is 0 Å². The molecule has 0 unspecified atom stereocenters. The molecule has 12 heavy (non-hydrogen) atoms. The summed E-state index contributed by atoms with van der Waals surface area (Å²) in [5.41, 5.74) is 0.0247. The SMILES string of the molecule is N#CCc1ncc(C(=O)O)cn1. The van der Waals surface area contributed by atoms with Crippen molar-refractivity contribution in [3.05, 3.63) is 23.8 Å². The van der Waals surface area contributed by atoms with Crippen LogP contribution in [-0.2, 0) is 6.42 Å². The zero-order chi connectivity index (χ0) is 8.97. The van der Waals surface area contributed by atoms with E-state index in [1.807, 2.05) is 6.07 Å². The van der Waals surface area contributed by atoms with Gasteiger partial charge in [0.2, 0.25) is 0 Å². The maximum atomic E-state index is 10.3. The van der Waals surface area contributed by atoms with Crippen molar-refractivity contribution < 1.29 is 9.90 Å². The first-order chi connectivity index (χ1) is 5.74. The third-order valence-electron chi connectivity index (χ3n) is 1.19. The number of hydrogen-bond donors (Lipinski definition) is 1. The quantitative estimate of drug-likeness (QED) is 0.674. The van der Waals surface area contributed by atoms with E-state index in [9.17, 15) is 4.79 Å². The van der Waals surface area contributed by atoms with Gasteiger partial charge in [-0.2, -0.15) is 5.26 Å². The average Bonchev–Trinajstić information content (AvgIpc) is 2.06. The van der Waals surface area contributed by atoms with Gasteiger partial charge in [-0.15, -0.1) is 0 Å². The van der Waals surface area contributed by atoms with E-state index in [-0.39, 0.29) is 12.0 Å². The maximum Gasteiger partial charge on any atom is 0.338 e. The molecule has 0 atom stereocenters. The van der Waals surface area contributed by atoms with Crippen molar-refractivity contribution in [2.45, 2.75) is 6.42 Å². The van der Waals surface area contributed by atoms with E-state index in [2.05, 4.69) is 9.97 Å². The molecule has 0 amide bonds. The summed E-state index contributed by atoms with van der Waals surface area (Å²) in [7, 11) is 0. The number of hydrogen-bond acceptors (Lipinski definition) is 4. The zero-order valence-electron chi connectivity index (χ0n) is 6.06. The van der Waals surface area contributed by atoms with Crippen LogP contribution >= 0.6 is 0 Å². The molecular weight excluding hydrogens is 158 g/mol. The minimum atomic E-state index is -1.07. The molecule has 0 aliphatic rings. The molecule has 5 nitrogen and oxygen atoms in total. The molecule has 0 aliphatic carbocycles. The Kier molecular flexibility index (Phi) is 2.33. The number of carboxylic acid groups (broad SMARTS) is 1. The van der Waals surface area contributed by atoms with Crippen molar-refractivity contribution in [3.8, 4) is 6.07 Å². The zero-order valence-corrected chi connectivity index (χ0v) is 6.06. The van der Waals surface area contributed by atoms with Crippen molar-refractivity contribution in [1.82, 2.24) is 9.97 Å². The van der Waals surface area contributed by atoms with E-state index in [0.717, 1.165) is 0 Å². The summed E-state index contributed by atoms with van der Waals surface area (Å²) >= 11 is 0. The summed E-state index contributed by atoms with van der Waals surface area (Å²) in [6.45, 7) is 0. The van der Waals surface area contributed by atoms with Gasteiger partial charge in [-0.05, 0) is 0 Å². The minimum absolute atomic E-state index is 0.0247. The Morgan fingerprint density at radius 3 is 2.58 bits per heavy atom. The summed E-state index contributed by atoms with van der Waals surface area (Å²) in [6.07, 6.45) is 2.46. The minimum Gasteiger partial charge on any atom is -0.478 e. The van der Waals surface area contributed by atoms with Crippen LogP contribution in [0, 0.1) is 11.3 Å². The molecular formula is C7H5N3O2. The normalized spacial score (nSPS) is 8.92. The summed E-state index contributed by atoms with van der Waals surface area (Å²) in [5.74, 6) is -0.735. The standard InChI is InChI=1S/C7H5N3O2/c8-2-1-6-9-3-5(4-10-6)7(11)12/h3-4H,1H2,(H,11,12). The lowest BCUT2D eigenvalue weighted by molar-refractivity contribution is 0.0696. The van der Waals surface area contributed by atoms with Crippen molar-refractivity contribution in [3.63, 3.8) is 0 Å². The molecule has 1 aromatic heterocycles. The number of carbonyl (C=O) groups is 1. The Balaban J connectivity index is 2.87. The van der Waals surface area contributed by atoms with Gasteiger partial charge in [0.25, 0.3) is 0 Å². The molecule has 60 valence electrons. The first-order valence-corrected chi connectivity index (χ1v) is 3.15. The number of aromatic carboxylic acids is 1. The van der Waals surface area contributed by atoms with Gasteiger partial charge in [0.15, 0.2) is 0 Å². The predicted molar refractivity (Wildman–Crippen MR) is 38.3 cm³/mol. The van der Waals surface area contributed by atoms with Crippen LogP contribution in [0.4, 0.5) is 0 Å². The molecule has 0 radical (unpaired) electrons. The lowest BCUT2D eigenvalue weighted by Gasteiger charge is -1.93. The molecule has 1 heterocycles. The van der Waals surface area contributed by atoms with E-state index in [1.165, 1.54) is 12.4 Å². The second-order valence-corrected chi connectivity index (χ2v) is 2.03. The van der Waals surface area contributed by atoms with Crippen molar-refractivity contribution in [2.75, 3.05) is 0 Å². The summed E-state index contributed by atoms with van der Waals surface area (Å²) in [6, 6.07) is 1.86. The first kappa shape index (κ1) is 8.14. The van der Waals surface area contributed by atoms with Gasteiger partial charge in [-0.3, -0.25) is 0 Å². The van der Waals surface area contributed by atoms with Crippen molar-refractivity contribution in [1.29, 1.82) is 5.26 Å². The molecule has 5 heteroatoms. The number of nitrogens with zero attached hydrogens (tertiary/aromatic N) is 3. The van der Waals surface area contributed by atoms with Crippen LogP contribution in [0.1, 0.15) is 16.2 Å². The van der Waals surface area contributed by atoms with E-state index < -0.39 is 5.97 Å². The van der Waals surface area contributed by atoms with Gasteiger partial charge in [0, 0.05) is 12.4 Å². The Bertz CT molecular complexity index is 325. The molecule has 0 fully saturated rings. The Labute approximate surface area is 68.3 Å². The van der Waals surface area contributed by atoms with Crippen LogP contribution in [0.2, 0.25) is 0 Å². The molecule has 0 aromatic carbocycles. The summed E-state index contributed by atoms with van der Waals surface area (Å²) in [5, 5.41) is 16.7. The third kappa shape index (κ3) is 1.76. The summed E-state index contributed by atoms with van der Waals surface area (Å²) in [4.78, 5) is 17.7. The van der Waals surface area contributed by atoms with Gasteiger partial charge < -0.3 is 5.11 Å². The van der Waals surface area contributed by atoms with Gasteiger partial charge in [-0.25, -0.2) is 14.8 Å². The van der Waals surface area contributed by atoms with Crippen LogP contribution in [-0.4, -0.2) is 21.0 Å². The highest BCUT2D eigenvalue weighted by Crippen LogP contribution is 1.95. The number of carboxylic acids is 1. The Morgan fingerprint density at radius 2 is 2.17 bits per heavy atom. The number of nitriles is 1. The highest BCUT2D eigenvalue weighted by atomic mass is 16.4. The second-order valence-electron chi connectivity index (χ2n) is 2.03. The molecule has 0 aliphatic heterocycles. The molecule has 0 bridgehead atoms. The van der Waals surface area contributed by atoms with E-state index in [0.29, 0.717) is 5.82 Å². The van der Waals surface area contributed by atoms with Gasteiger partial charge in [-0.1, -0.05) is 0 Å². The highest BCUT2D eigenvalue weighted by Gasteiger charge is 2.02. The fourth-order valence-corrected chi connectivity index (χ4v) is 0.627. The van der Waals surface area contributed by atoms with Crippen LogP contribution in [0.15, 0.2) is 12.4 Å². The number of aromatic nitrogens is 2. The lowest BCUT2D eigenvalue weighted by atomic mass is 10.3. The van der Waals surface area contributed by atoms with Gasteiger partial charge in [0.1, 0.15) is 5.82 Å². The van der Waals surface area contributed by atoms with Crippen LogP contribution < -0.4 is 0 Å². The van der Waals surface area contributed by atoms with Crippen LogP contribution in [0.5, 0.6) is 0 Å². The third-order valence-corrected chi connectivity index (χ3v) is 1.19. The lowest BCUT2D eigenvalue weighted by Crippen LogP contribution is -2.01. The summed E-state index contributed by atoms with van der Waals surface area (Å²) < 4.78 is 0. The molecule has 0 saturated carbocycles. The Morgan fingerprint density at radius 1 is 1.58 bits per heavy atom. The molecule has 1 rings (SSSR count). The molecule has 0 saturated heterocycles. The smallest absolute Gasteiger partial charge is 0.338 e. The van der Waals surface area contributed by atoms with E-state index >= 15 is 0 Å². The number of rotatable bonds is 2. The first-order valence-electron chi connectivity index (χ1n) is 3.15. The maximum absolute atomic E-state index is 10.3. The largest absolute Gasteiger partial charge is 0.478 e. The van der Waals surface area contributed by atoms with Crippen LogP contribution in [0.25, 0.3) is 0 Å². The highest BCUT2D eigenvalue weighted by molar-refractivity contribution is 5.86. The van der Waals surface area contributed by atoms with Crippen LogP contribution in [0.3, 0.4) is 0 Å². The monoisotopic (exact) mass is 163 g/mol. The fraction of sp³-hybridized carbons (Fsp3) is 0.143. The van der Waals surface area contributed by atoms with Crippen molar-refractivity contribution >= 4 is 5.97 Å². The van der Waals surface area contributed by atoms with E-state index in [1.54, 1.807) is 0 Å². The van der Waals surface area contributed by atoms with E-state index in [4.69, 9.17) is 10.4 Å². The Hall–Kier alpha value is -1.96. The molecule has 1 N–H and O–H groups in total. The average molecular weight is 163 g/mol. The fourth-order valence-electron chi connectivity index (χ4n) is 0.627. The van der Waals surface area contributed by atoms with Gasteiger partial charge in [0.05, 0.1) is 18.1 Å².